The van der Waals surface area contributed by atoms with Crippen LogP contribution in [0.3, 0.4) is 0 Å². The second kappa shape index (κ2) is 13.8. The smallest absolute Gasteiger partial charge is 0.197 e. The van der Waals surface area contributed by atoms with Gasteiger partial charge in [0, 0.05) is 19.9 Å². The monoisotopic (exact) mass is 320 g/mol. The normalized spacial score (nSPS) is 12.2. The van der Waals surface area contributed by atoms with E-state index in [2.05, 4.69) is 13.8 Å². The molecule has 128 valence electrons. The lowest BCUT2D eigenvalue weighted by atomic mass is 10.0. The summed E-state index contributed by atoms with van der Waals surface area (Å²) >= 11 is 0. The lowest BCUT2D eigenvalue weighted by Gasteiger charge is -2.08. The third kappa shape index (κ3) is 20.1. The Kier molecular flexibility index (Phi) is 13.9. The molecule has 0 aliphatic rings. The summed E-state index contributed by atoms with van der Waals surface area (Å²) in [5.74, 6) is 0.858. The minimum atomic E-state index is -2.33. The van der Waals surface area contributed by atoms with Crippen molar-refractivity contribution in [3.63, 3.8) is 0 Å². The Bertz CT molecular complexity index is 261. The molecule has 0 aromatic carbocycles. The standard InChI is InChI=1S/C17H37O3P/c1-17(2)13-11-9-7-5-6-8-10-12-14-19-15-16-20-21(3,4)18/h17H,5-16H2,1-4H3. The number of hydrogen-bond acceptors (Lipinski definition) is 3. The van der Waals surface area contributed by atoms with Gasteiger partial charge in [-0.1, -0.05) is 65.2 Å². The van der Waals surface area contributed by atoms with Crippen molar-refractivity contribution in [1.82, 2.24) is 0 Å². The Morgan fingerprint density at radius 2 is 1.29 bits per heavy atom. The first-order valence-corrected chi connectivity index (χ1v) is 11.2. The van der Waals surface area contributed by atoms with E-state index in [1.807, 2.05) is 0 Å². The molecule has 0 N–H and O–H groups in total. The van der Waals surface area contributed by atoms with Crippen molar-refractivity contribution in [2.75, 3.05) is 33.2 Å². The Balaban J connectivity index is 3.04. The molecule has 0 aromatic heterocycles. The molecule has 0 heterocycles. The van der Waals surface area contributed by atoms with Crippen molar-refractivity contribution in [3.05, 3.63) is 0 Å². The van der Waals surface area contributed by atoms with Gasteiger partial charge in [-0.15, -0.1) is 0 Å². The van der Waals surface area contributed by atoms with Gasteiger partial charge in [-0.25, -0.2) is 0 Å². The number of ether oxygens (including phenoxy) is 1. The van der Waals surface area contributed by atoms with Crippen molar-refractivity contribution >= 4 is 7.37 Å². The molecule has 0 saturated carbocycles. The molecular weight excluding hydrogens is 283 g/mol. The summed E-state index contributed by atoms with van der Waals surface area (Å²) in [6.45, 7) is 9.68. The van der Waals surface area contributed by atoms with Crippen LogP contribution in [-0.4, -0.2) is 33.2 Å². The van der Waals surface area contributed by atoms with Crippen LogP contribution in [0.5, 0.6) is 0 Å². The maximum absolute atomic E-state index is 11.3. The molecular formula is C17H37O3P. The SMILES string of the molecule is CC(C)CCCCCCCCCCOCCOP(C)(C)=O. The molecule has 0 bridgehead atoms. The molecule has 21 heavy (non-hydrogen) atoms. The molecule has 0 amide bonds. The fraction of sp³-hybridized carbons (Fsp3) is 1.00. The Morgan fingerprint density at radius 3 is 1.81 bits per heavy atom. The Labute approximate surface area is 132 Å². The molecule has 0 aliphatic carbocycles. The molecule has 0 fully saturated rings. The molecule has 3 nitrogen and oxygen atoms in total. The van der Waals surface area contributed by atoms with Crippen LogP contribution in [0, 0.1) is 5.92 Å². The molecule has 0 spiro atoms. The van der Waals surface area contributed by atoms with E-state index in [4.69, 9.17) is 9.26 Å². The highest BCUT2D eigenvalue weighted by atomic mass is 31.2. The highest BCUT2D eigenvalue weighted by molar-refractivity contribution is 7.57. The number of unbranched alkanes of at least 4 members (excludes halogenated alkanes) is 7. The molecule has 0 unspecified atom stereocenters. The molecule has 0 aromatic rings. The zero-order valence-electron chi connectivity index (χ0n) is 14.7. The van der Waals surface area contributed by atoms with E-state index in [0.717, 1.165) is 18.9 Å². The van der Waals surface area contributed by atoms with Gasteiger partial charge in [0.1, 0.15) is 0 Å². The van der Waals surface area contributed by atoms with Crippen LogP contribution in [0.15, 0.2) is 0 Å². The average Bonchev–Trinajstić information content (AvgIpc) is 2.37. The molecule has 0 rings (SSSR count). The van der Waals surface area contributed by atoms with Crippen molar-refractivity contribution in [3.8, 4) is 0 Å². The second-order valence-electron chi connectivity index (χ2n) is 6.71. The minimum Gasteiger partial charge on any atom is -0.379 e. The van der Waals surface area contributed by atoms with Crippen LogP contribution < -0.4 is 0 Å². The largest absolute Gasteiger partial charge is 0.379 e. The van der Waals surface area contributed by atoms with Crippen LogP contribution in [0.25, 0.3) is 0 Å². The Morgan fingerprint density at radius 1 is 0.762 bits per heavy atom. The van der Waals surface area contributed by atoms with Gasteiger partial charge in [0.25, 0.3) is 0 Å². The summed E-state index contributed by atoms with van der Waals surface area (Å²) in [6.07, 6.45) is 12.0. The highest BCUT2D eigenvalue weighted by Crippen LogP contribution is 2.36. The van der Waals surface area contributed by atoms with Crippen LogP contribution >= 0.6 is 7.37 Å². The number of hydrogen-bond donors (Lipinski definition) is 0. The van der Waals surface area contributed by atoms with Gasteiger partial charge < -0.3 is 9.26 Å². The van der Waals surface area contributed by atoms with E-state index in [9.17, 15) is 4.57 Å². The second-order valence-corrected chi connectivity index (χ2v) is 9.47. The van der Waals surface area contributed by atoms with Gasteiger partial charge in [-0.3, -0.25) is 4.57 Å². The van der Waals surface area contributed by atoms with Gasteiger partial charge in [-0.2, -0.15) is 0 Å². The average molecular weight is 320 g/mol. The lowest BCUT2D eigenvalue weighted by molar-refractivity contribution is 0.0985. The van der Waals surface area contributed by atoms with Crippen molar-refractivity contribution < 1.29 is 13.8 Å². The van der Waals surface area contributed by atoms with Crippen LogP contribution in [-0.2, 0) is 13.8 Å². The summed E-state index contributed by atoms with van der Waals surface area (Å²) in [5, 5.41) is 0. The predicted octanol–water partition coefficient (Wildman–Crippen LogP) is 5.72. The predicted molar refractivity (Wildman–Crippen MR) is 92.6 cm³/mol. The third-order valence-electron chi connectivity index (χ3n) is 3.45. The van der Waals surface area contributed by atoms with E-state index in [-0.39, 0.29) is 0 Å². The topological polar surface area (TPSA) is 35.5 Å². The zero-order chi connectivity index (χ0) is 16.0. The molecule has 4 heteroatoms. The maximum Gasteiger partial charge on any atom is 0.197 e. The first-order valence-electron chi connectivity index (χ1n) is 8.69. The minimum absolute atomic E-state index is 0.445. The first kappa shape index (κ1) is 21.1. The van der Waals surface area contributed by atoms with Gasteiger partial charge >= 0.3 is 0 Å². The molecule has 0 saturated heterocycles. The summed E-state index contributed by atoms with van der Waals surface area (Å²) in [6, 6.07) is 0. The van der Waals surface area contributed by atoms with E-state index < -0.39 is 7.37 Å². The van der Waals surface area contributed by atoms with Crippen molar-refractivity contribution in [1.29, 1.82) is 0 Å². The van der Waals surface area contributed by atoms with Crippen molar-refractivity contribution in [2.45, 2.75) is 71.6 Å². The molecule has 0 aliphatic heterocycles. The van der Waals surface area contributed by atoms with E-state index in [1.165, 1.54) is 51.4 Å². The van der Waals surface area contributed by atoms with Gasteiger partial charge in [0.15, 0.2) is 7.37 Å². The third-order valence-corrected chi connectivity index (χ3v) is 4.25. The van der Waals surface area contributed by atoms with Gasteiger partial charge in [0.05, 0.1) is 13.2 Å². The summed E-state index contributed by atoms with van der Waals surface area (Å²) in [5.41, 5.74) is 0. The van der Waals surface area contributed by atoms with Gasteiger partial charge in [-0.05, 0) is 12.3 Å². The summed E-state index contributed by atoms with van der Waals surface area (Å²) in [7, 11) is -2.33. The maximum atomic E-state index is 11.3. The van der Waals surface area contributed by atoms with Gasteiger partial charge in [0.2, 0.25) is 0 Å². The summed E-state index contributed by atoms with van der Waals surface area (Å²) < 4.78 is 21.9. The Hall–Kier alpha value is 0.150. The van der Waals surface area contributed by atoms with E-state index >= 15 is 0 Å². The fourth-order valence-electron chi connectivity index (χ4n) is 2.24. The molecule has 0 radical (unpaired) electrons. The quantitative estimate of drug-likeness (QED) is 0.286. The van der Waals surface area contributed by atoms with Crippen LogP contribution in [0.1, 0.15) is 71.6 Å². The van der Waals surface area contributed by atoms with Crippen LogP contribution in [0.2, 0.25) is 0 Å². The zero-order valence-corrected chi connectivity index (χ0v) is 15.6. The summed E-state index contributed by atoms with van der Waals surface area (Å²) in [4.78, 5) is 0. The molecule has 0 atom stereocenters. The van der Waals surface area contributed by atoms with E-state index in [0.29, 0.717) is 13.2 Å². The van der Waals surface area contributed by atoms with Crippen LogP contribution in [0.4, 0.5) is 0 Å². The van der Waals surface area contributed by atoms with Crippen molar-refractivity contribution in [2.24, 2.45) is 5.92 Å². The fourth-order valence-corrected chi connectivity index (χ4v) is 2.75. The highest BCUT2D eigenvalue weighted by Gasteiger charge is 2.05. The number of rotatable bonds is 15. The first-order chi connectivity index (χ1) is 9.92. The van der Waals surface area contributed by atoms with E-state index in [1.54, 1.807) is 13.3 Å². The lowest BCUT2D eigenvalue weighted by Crippen LogP contribution is -2.03.